The van der Waals surface area contributed by atoms with Gasteiger partial charge in [-0.1, -0.05) is 18.2 Å². The highest BCUT2D eigenvalue weighted by molar-refractivity contribution is 6.03. The van der Waals surface area contributed by atoms with Crippen molar-refractivity contribution in [1.29, 1.82) is 0 Å². The van der Waals surface area contributed by atoms with Crippen molar-refractivity contribution in [2.24, 2.45) is 0 Å². The molecule has 10 heteroatoms. The number of nitrogens with one attached hydrogen (secondary N) is 2. The maximum atomic E-state index is 13.6. The van der Waals surface area contributed by atoms with Crippen molar-refractivity contribution in [3.05, 3.63) is 46.7 Å². The second kappa shape index (κ2) is 7.03. The minimum absolute atomic E-state index is 0.0258. The lowest BCUT2D eigenvalue weighted by molar-refractivity contribution is -0.138. The van der Waals surface area contributed by atoms with E-state index in [0.29, 0.717) is 5.70 Å². The summed E-state index contributed by atoms with van der Waals surface area (Å²) in [5.41, 5.74) is -0.765. The standard InChI is InChI=1S/C20H21F3N4O3/c1-10(17(28)24-11-7-8-11)27-9-14-15(18(27)29)16(25-19(30)26(14)2)12-5-3-4-6-13(12)20(21,22)23/h3-6,10-11,16H,7-9H2,1-2H3,(H,24,28)(H,25,30). The Hall–Kier alpha value is -3.04. The molecule has 1 aromatic carbocycles. The highest BCUT2D eigenvalue weighted by Gasteiger charge is 2.47. The second-order valence-corrected chi connectivity index (χ2v) is 7.78. The lowest BCUT2D eigenvalue weighted by Crippen LogP contribution is -2.47. The monoisotopic (exact) mass is 422 g/mol. The largest absolute Gasteiger partial charge is 0.416 e. The van der Waals surface area contributed by atoms with Gasteiger partial charge in [0, 0.05) is 13.1 Å². The van der Waals surface area contributed by atoms with Gasteiger partial charge in [-0.25, -0.2) is 4.79 Å². The molecule has 1 fully saturated rings. The molecule has 4 amide bonds. The summed E-state index contributed by atoms with van der Waals surface area (Å²) < 4.78 is 40.7. The molecule has 3 aliphatic rings. The average Bonchev–Trinajstić information content (AvgIpc) is 3.44. The molecule has 0 spiro atoms. The van der Waals surface area contributed by atoms with Gasteiger partial charge >= 0.3 is 12.2 Å². The molecule has 0 radical (unpaired) electrons. The molecule has 2 unspecified atom stereocenters. The third kappa shape index (κ3) is 3.40. The van der Waals surface area contributed by atoms with E-state index >= 15 is 0 Å². The molecule has 2 heterocycles. The Morgan fingerprint density at radius 1 is 1.23 bits per heavy atom. The molecule has 0 bridgehead atoms. The van der Waals surface area contributed by atoms with Crippen LogP contribution in [0.5, 0.6) is 0 Å². The molecule has 2 atom stereocenters. The quantitative estimate of drug-likeness (QED) is 0.780. The number of hydrogen-bond acceptors (Lipinski definition) is 3. The lowest BCUT2D eigenvalue weighted by atomic mass is 9.92. The minimum Gasteiger partial charge on any atom is -0.352 e. The summed E-state index contributed by atoms with van der Waals surface area (Å²) in [6, 6.07) is 2.29. The molecule has 1 aliphatic carbocycles. The Balaban J connectivity index is 1.70. The van der Waals surface area contributed by atoms with E-state index < -0.39 is 35.8 Å². The van der Waals surface area contributed by atoms with Crippen LogP contribution >= 0.6 is 0 Å². The van der Waals surface area contributed by atoms with Crippen molar-refractivity contribution < 1.29 is 27.6 Å². The van der Waals surface area contributed by atoms with Crippen LogP contribution in [0.25, 0.3) is 0 Å². The maximum Gasteiger partial charge on any atom is 0.416 e. The fraction of sp³-hybridized carbons (Fsp3) is 0.450. The van der Waals surface area contributed by atoms with E-state index in [1.54, 1.807) is 6.92 Å². The first-order chi connectivity index (χ1) is 14.1. The number of halogens is 3. The van der Waals surface area contributed by atoms with Gasteiger partial charge in [0.15, 0.2) is 0 Å². The molecule has 1 aromatic rings. The summed E-state index contributed by atoms with van der Waals surface area (Å²) in [6.07, 6.45) is -2.87. The molecule has 2 N–H and O–H groups in total. The van der Waals surface area contributed by atoms with Crippen LogP contribution in [0.15, 0.2) is 35.5 Å². The van der Waals surface area contributed by atoms with Crippen LogP contribution < -0.4 is 10.6 Å². The molecular formula is C20H21F3N4O3. The summed E-state index contributed by atoms with van der Waals surface area (Å²) in [5, 5.41) is 5.34. The Bertz CT molecular complexity index is 955. The van der Waals surface area contributed by atoms with Gasteiger partial charge in [-0.05, 0) is 31.4 Å². The first-order valence-electron chi connectivity index (χ1n) is 9.64. The lowest BCUT2D eigenvalue weighted by Gasteiger charge is -2.32. The topological polar surface area (TPSA) is 81.8 Å². The van der Waals surface area contributed by atoms with E-state index in [2.05, 4.69) is 10.6 Å². The third-order valence-corrected chi connectivity index (χ3v) is 5.74. The highest BCUT2D eigenvalue weighted by atomic mass is 19.4. The molecule has 160 valence electrons. The summed E-state index contributed by atoms with van der Waals surface area (Å²) in [6.45, 7) is 1.55. The van der Waals surface area contributed by atoms with E-state index in [1.165, 1.54) is 35.0 Å². The van der Waals surface area contributed by atoms with Gasteiger partial charge in [-0.15, -0.1) is 0 Å². The van der Waals surface area contributed by atoms with Gasteiger partial charge in [0.2, 0.25) is 5.91 Å². The number of rotatable bonds is 4. The van der Waals surface area contributed by atoms with Crippen molar-refractivity contribution in [3.63, 3.8) is 0 Å². The number of carbonyl (C=O) groups excluding carboxylic acids is 3. The predicted octanol–water partition coefficient (Wildman–Crippen LogP) is 2.16. The second-order valence-electron chi connectivity index (χ2n) is 7.78. The first-order valence-corrected chi connectivity index (χ1v) is 9.64. The zero-order valence-corrected chi connectivity index (χ0v) is 16.4. The van der Waals surface area contributed by atoms with E-state index in [4.69, 9.17) is 0 Å². The van der Waals surface area contributed by atoms with Crippen LogP contribution in [0.1, 0.15) is 36.9 Å². The van der Waals surface area contributed by atoms with Crippen LogP contribution in [0.2, 0.25) is 0 Å². The molecule has 0 saturated heterocycles. The van der Waals surface area contributed by atoms with E-state index in [-0.39, 0.29) is 29.6 Å². The number of likely N-dealkylation sites (N-methyl/N-ethyl adjacent to an activating group) is 1. The molecule has 4 rings (SSSR count). The van der Waals surface area contributed by atoms with Crippen molar-refractivity contribution >= 4 is 17.8 Å². The van der Waals surface area contributed by atoms with Gasteiger partial charge < -0.3 is 15.5 Å². The zero-order valence-electron chi connectivity index (χ0n) is 16.4. The normalized spacial score (nSPS) is 22.8. The van der Waals surface area contributed by atoms with E-state index in [1.807, 2.05) is 0 Å². The van der Waals surface area contributed by atoms with Gasteiger partial charge in [-0.3, -0.25) is 14.5 Å². The fourth-order valence-corrected chi connectivity index (χ4v) is 3.83. The van der Waals surface area contributed by atoms with Crippen molar-refractivity contribution in [3.8, 4) is 0 Å². The Morgan fingerprint density at radius 3 is 2.53 bits per heavy atom. The number of benzene rings is 1. The van der Waals surface area contributed by atoms with Gasteiger partial charge in [0.1, 0.15) is 6.04 Å². The predicted molar refractivity (Wildman–Crippen MR) is 99.8 cm³/mol. The molecule has 30 heavy (non-hydrogen) atoms. The summed E-state index contributed by atoms with van der Waals surface area (Å²) in [7, 11) is 1.45. The molecule has 1 saturated carbocycles. The number of hydrogen-bond donors (Lipinski definition) is 2. The Labute approximate surface area is 170 Å². The van der Waals surface area contributed by atoms with Crippen LogP contribution in [0.4, 0.5) is 18.0 Å². The van der Waals surface area contributed by atoms with Gasteiger partial charge in [-0.2, -0.15) is 13.2 Å². The zero-order chi connectivity index (χ0) is 21.8. The number of urea groups is 1. The summed E-state index contributed by atoms with van der Waals surface area (Å²) >= 11 is 0. The average molecular weight is 422 g/mol. The Kier molecular flexibility index (Phi) is 4.74. The smallest absolute Gasteiger partial charge is 0.352 e. The molecule has 7 nitrogen and oxygen atoms in total. The summed E-state index contributed by atoms with van der Waals surface area (Å²) in [4.78, 5) is 40.6. The van der Waals surface area contributed by atoms with E-state index in [9.17, 15) is 27.6 Å². The molecule has 2 aliphatic heterocycles. The SMILES string of the molecule is CC(C(=O)NC1CC1)N1CC2=C(C1=O)C(c1ccccc1C(F)(F)F)NC(=O)N2C. The third-order valence-electron chi connectivity index (χ3n) is 5.74. The fourth-order valence-electron chi connectivity index (χ4n) is 3.83. The van der Waals surface area contributed by atoms with E-state index in [0.717, 1.165) is 18.9 Å². The maximum absolute atomic E-state index is 13.6. The highest BCUT2D eigenvalue weighted by Crippen LogP contribution is 2.41. The van der Waals surface area contributed by atoms with Crippen molar-refractivity contribution in [2.75, 3.05) is 13.6 Å². The van der Waals surface area contributed by atoms with Crippen molar-refractivity contribution in [1.82, 2.24) is 20.4 Å². The number of alkyl halides is 3. The summed E-state index contributed by atoms with van der Waals surface area (Å²) in [5.74, 6) is -0.878. The first kappa shape index (κ1) is 20.2. The van der Waals surface area contributed by atoms with Crippen LogP contribution in [-0.2, 0) is 15.8 Å². The van der Waals surface area contributed by atoms with Crippen LogP contribution in [0.3, 0.4) is 0 Å². The van der Waals surface area contributed by atoms with Gasteiger partial charge in [0.25, 0.3) is 5.91 Å². The van der Waals surface area contributed by atoms with Gasteiger partial charge in [0.05, 0.1) is 29.4 Å². The Morgan fingerprint density at radius 2 is 1.90 bits per heavy atom. The number of carbonyl (C=O) groups is 3. The van der Waals surface area contributed by atoms with Crippen LogP contribution in [-0.4, -0.2) is 53.3 Å². The van der Waals surface area contributed by atoms with Crippen molar-refractivity contribution in [2.45, 2.75) is 44.1 Å². The molecular weight excluding hydrogens is 401 g/mol. The minimum atomic E-state index is -4.65. The number of amides is 4. The number of nitrogens with zero attached hydrogens (tertiary/aromatic N) is 2. The van der Waals surface area contributed by atoms with Crippen LogP contribution in [0, 0.1) is 0 Å². The molecule has 0 aromatic heterocycles.